The molecule has 0 aliphatic carbocycles. The molecule has 0 saturated carbocycles. The SMILES string of the molecule is Cc1nc2ccccc2n2c1cc1ccc(Cl)cc12. The molecule has 4 rings (SSSR count). The zero-order valence-corrected chi connectivity index (χ0v) is 11.1. The average molecular weight is 267 g/mol. The Kier molecular flexibility index (Phi) is 2.12. The van der Waals surface area contributed by atoms with Crippen LogP contribution in [0, 0.1) is 6.92 Å². The molecule has 19 heavy (non-hydrogen) atoms. The van der Waals surface area contributed by atoms with Crippen LogP contribution in [0.4, 0.5) is 0 Å². The van der Waals surface area contributed by atoms with Gasteiger partial charge < -0.3 is 4.40 Å². The number of hydrogen-bond donors (Lipinski definition) is 0. The van der Waals surface area contributed by atoms with Gasteiger partial charge in [0, 0.05) is 10.4 Å². The Morgan fingerprint density at radius 3 is 2.68 bits per heavy atom. The summed E-state index contributed by atoms with van der Waals surface area (Å²) in [4.78, 5) is 4.67. The maximum Gasteiger partial charge on any atom is 0.0874 e. The topological polar surface area (TPSA) is 17.3 Å². The summed E-state index contributed by atoms with van der Waals surface area (Å²) >= 11 is 6.14. The van der Waals surface area contributed by atoms with E-state index in [1.54, 1.807) is 0 Å². The van der Waals surface area contributed by atoms with Gasteiger partial charge in [-0.1, -0.05) is 29.8 Å². The second kappa shape index (κ2) is 3.72. The van der Waals surface area contributed by atoms with Gasteiger partial charge in [0.2, 0.25) is 0 Å². The minimum Gasteiger partial charge on any atom is -0.306 e. The number of rotatable bonds is 0. The lowest BCUT2D eigenvalue weighted by atomic mass is 10.2. The first kappa shape index (κ1) is 10.8. The molecule has 2 heterocycles. The van der Waals surface area contributed by atoms with Gasteiger partial charge in [0.25, 0.3) is 0 Å². The zero-order valence-electron chi connectivity index (χ0n) is 10.4. The highest BCUT2D eigenvalue weighted by molar-refractivity contribution is 6.31. The third kappa shape index (κ3) is 1.47. The second-order valence-electron chi connectivity index (χ2n) is 4.75. The second-order valence-corrected chi connectivity index (χ2v) is 5.19. The molecule has 2 aromatic carbocycles. The maximum absolute atomic E-state index is 6.14. The van der Waals surface area contributed by atoms with E-state index in [9.17, 15) is 0 Å². The molecule has 92 valence electrons. The van der Waals surface area contributed by atoms with Crippen LogP contribution < -0.4 is 0 Å². The van der Waals surface area contributed by atoms with Crippen molar-refractivity contribution in [2.24, 2.45) is 0 Å². The molecule has 0 unspecified atom stereocenters. The average Bonchev–Trinajstić information content (AvgIpc) is 2.78. The molecule has 2 nitrogen and oxygen atoms in total. The molecule has 0 bridgehead atoms. The highest BCUT2D eigenvalue weighted by atomic mass is 35.5. The number of fused-ring (bicyclic) bond motifs is 5. The van der Waals surface area contributed by atoms with Gasteiger partial charge in [-0.25, -0.2) is 4.98 Å². The van der Waals surface area contributed by atoms with E-state index >= 15 is 0 Å². The van der Waals surface area contributed by atoms with E-state index in [1.807, 2.05) is 37.3 Å². The number of aromatic nitrogens is 2. The van der Waals surface area contributed by atoms with E-state index in [0.717, 1.165) is 32.8 Å². The molecule has 0 N–H and O–H groups in total. The summed E-state index contributed by atoms with van der Waals surface area (Å²) in [7, 11) is 0. The first-order valence-corrected chi connectivity index (χ1v) is 6.58. The lowest BCUT2D eigenvalue weighted by molar-refractivity contribution is 1.19. The predicted octanol–water partition coefficient (Wildman–Crippen LogP) is 4.60. The molecule has 0 spiro atoms. The molecule has 0 saturated heterocycles. The van der Waals surface area contributed by atoms with Gasteiger partial charge in [-0.3, -0.25) is 0 Å². The van der Waals surface area contributed by atoms with E-state index in [-0.39, 0.29) is 0 Å². The quantitative estimate of drug-likeness (QED) is 0.455. The Morgan fingerprint density at radius 2 is 1.79 bits per heavy atom. The number of nitrogens with zero attached hydrogens (tertiary/aromatic N) is 2. The molecular weight excluding hydrogens is 256 g/mol. The van der Waals surface area contributed by atoms with Gasteiger partial charge in [0.1, 0.15) is 0 Å². The third-order valence-corrected chi connectivity index (χ3v) is 3.78. The van der Waals surface area contributed by atoms with Crippen LogP contribution in [0.1, 0.15) is 5.69 Å². The van der Waals surface area contributed by atoms with E-state index < -0.39 is 0 Å². The minimum absolute atomic E-state index is 0.756. The zero-order chi connectivity index (χ0) is 13.0. The Morgan fingerprint density at radius 1 is 0.947 bits per heavy atom. The number of aryl methyl sites for hydroxylation is 1. The standard InChI is InChI=1S/C16H11ClN2/c1-10-15-8-11-6-7-12(17)9-16(11)19(15)14-5-3-2-4-13(14)18-10/h2-9H,1H3. The Hall–Kier alpha value is -2.06. The van der Waals surface area contributed by atoms with Crippen molar-refractivity contribution in [3.05, 3.63) is 59.2 Å². The van der Waals surface area contributed by atoms with E-state index in [0.29, 0.717) is 0 Å². The Balaban J connectivity index is 2.38. The van der Waals surface area contributed by atoms with Gasteiger partial charge >= 0.3 is 0 Å². The highest BCUT2D eigenvalue weighted by Crippen LogP contribution is 2.28. The molecule has 0 amide bonds. The van der Waals surface area contributed by atoms with E-state index in [4.69, 9.17) is 11.6 Å². The smallest absolute Gasteiger partial charge is 0.0874 e. The summed E-state index contributed by atoms with van der Waals surface area (Å²) in [6, 6.07) is 16.3. The van der Waals surface area contributed by atoms with E-state index in [2.05, 4.69) is 27.6 Å². The fourth-order valence-electron chi connectivity index (χ4n) is 2.69. The number of halogens is 1. The van der Waals surface area contributed by atoms with Crippen LogP contribution in [-0.4, -0.2) is 9.38 Å². The summed E-state index contributed by atoms with van der Waals surface area (Å²) < 4.78 is 2.24. The van der Waals surface area contributed by atoms with Crippen molar-refractivity contribution in [2.45, 2.75) is 6.92 Å². The van der Waals surface area contributed by atoms with Crippen molar-refractivity contribution in [1.82, 2.24) is 9.38 Å². The molecule has 0 atom stereocenters. The van der Waals surface area contributed by atoms with Crippen molar-refractivity contribution >= 4 is 39.1 Å². The Bertz CT molecular complexity index is 938. The maximum atomic E-state index is 6.14. The van der Waals surface area contributed by atoms with Crippen LogP contribution in [-0.2, 0) is 0 Å². The van der Waals surface area contributed by atoms with Crippen molar-refractivity contribution in [3.63, 3.8) is 0 Å². The van der Waals surface area contributed by atoms with Crippen LogP contribution in [0.2, 0.25) is 5.02 Å². The highest BCUT2D eigenvalue weighted by Gasteiger charge is 2.09. The van der Waals surface area contributed by atoms with Gasteiger partial charge in [-0.15, -0.1) is 0 Å². The summed E-state index contributed by atoms with van der Waals surface area (Å²) in [5.74, 6) is 0. The first-order chi connectivity index (χ1) is 9.24. The van der Waals surface area contributed by atoms with Crippen LogP contribution in [0.25, 0.3) is 27.5 Å². The summed E-state index contributed by atoms with van der Waals surface area (Å²) in [6.07, 6.45) is 0. The van der Waals surface area contributed by atoms with Crippen LogP contribution >= 0.6 is 11.6 Å². The van der Waals surface area contributed by atoms with Crippen molar-refractivity contribution < 1.29 is 0 Å². The van der Waals surface area contributed by atoms with Crippen molar-refractivity contribution in [2.75, 3.05) is 0 Å². The lowest BCUT2D eigenvalue weighted by Gasteiger charge is -2.06. The largest absolute Gasteiger partial charge is 0.306 e. The molecule has 0 aliphatic rings. The molecule has 3 heteroatoms. The molecule has 0 radical (unpaired) electrons. The number of hydrogen-bond acceptors (Lipinski definition) is 1. The van der Waals surface area contributed by atoms with Crippen LogP contribution in [0.5, 0.6) is 0 Å². The molecule has 0 fully saturated rings. The first-order valence-electron chi connectivity index (χ1n) is 6.20. The van der Waals surface area contributed by atoms with Gasteiger partial charge in [-0.05, 0) is 37.3 Å². The number of benzene rings is 2. The van der Waals surface area contributed by atoms with Crippen molar-refractivity contribution in [1.29, 1.82) is 0 Å². The van der Waals surface area contributed by atoms with Gasteiger partial charge in [0.05, 0.1) is 27.8 Å². The fraction of sp³-hybridized carbons (Fsp3) is 0.0625. The van der Waals surface area contributed by atoms with Gasteiger partial charge in [-0.2, -0.15) is 0 Å². The summed E-state index contributed by atoms with van der Waals surface area (Å²) in [6.45, 7) is 2.04. The van der Waals surface area contributed by atoms with Crippen LogP contribution in [0.3, 0.4) is 0 Å². The normalized spacial score (nSPS) is 11.7. The van der Waals surface area contributed by atoms with Crippen LogP contribution in [0.15, 0.2) is 48.5 Å². The fourth-order valence-corrected chi connectivity index (χ4v) is 2.85. The molecule has 2 aromatic heterocycles. The molecule has 4 aromatic rings. The Labute approximate surface area is 115 Å². The lowest BCUT2D eigenvalue weighted by Crippen LogP contribution is -1.94. The summed E-state index contributed by atoms with van der Waals surface area (Å²) in [5, 5.41) is 1.94. The molecule has 0 aliphatic heterocycles. The van der Waals surface area contributed by atoms with E-state index in [1.165, 1.54) is 5.39 Å². The minimum atomic E-state index is 0.756. The molecular formula is C16H11ClN2. The third-order valence-electron chi connectivity index (χ3n) is 3.55. The number of para-hydroxylation sites is 2. The van der Waals surface area contributed by atoms with Gasteiger partial charge in [0.15, 0.2) is 0 Å². The monoisotopic (exact) mass is 266 g/mol. The summed E-state index contributed by atoms with van der Waals surface area (Å²) in [5.41, 5.74) is 5.41. The van der Waals surface area contributed by atoms with Crippen molar-refractivity contribution in [3.8, 4) is 0 Å². The predicted molar refractivity (Wildman–Crippen MR) is 80.0 cm³/mol.